The van der Waals surface area contributed by atoms with Crippen LogP contribution in [0.5, 0.6) is 0 Å². The van der Waals surface area contributed by atoms with Crippen molar-refractivity contribution in [3.8, 4) is 0 Å². The van der Waals surface area contributed by atoms with E-state index in [0.29, 0.717) is 57.5 Å². The number of nitrogens with zero attached hydrogens (tertiary/aromatic N) is 5. The summed E-state index contributed by atoms with van der Waals surface area (Å²) in [6.07, 6.45) is 17.7. The molecule has 3 fully saturated rings. The Bertz CT molecular complexity index is 2270. The van der Waals surface area contributed by atoms with Crippen LogP contribution >= 0.6 is 22.6 Å². The van der Waals surface area contributed by atoms with Crippen molar-refractivity contribution in [2.45, 2.75) is 135 Å². The Labute approximate surface area is 389 Å². The molecule has 352 valence electrons. The van der Waals surface area contributed by atoms with Crippen LogP contribution in [-0.4, -0.2) is 62.5 Å². The Morgan fingerprint density at radius 2 is 1.18 bits per heavy atom. The minimum Gasteiger partial charge on any atom is -0.317 e. The number of hydrogen-bond acceptors (Lipinski definition) is 7. The first kappa shape index (κ1) is 50.0. The van der Waals surface area contributed by atoms with E-state index in [-0.39, 0.29) is 53.3 Å². The second-order valence-electron chi connectivity index (χ2n) is 17.5. The number of aryl methyl sites for hydroxylation is 2. The zero-order valence-corrected chi connectivity index (χ0v) is 39.1. The maximum Gasteiger partial charge on any atom is 0.227 e. The van der Waals surface area contributed by atoms with Crippen molar-refractivity contribution in [2.75, 3.05) is 18.5 Å². The lowest BCUT2D eigenvalue weighted by Crippen LogP contribution is -2.35. The summed E-state index contributed by atoms with van der Waals surface area (Å²) < 4.78 is 83.9. The number of Topliss-reactive ketones (excluding diaryl/α,β-unsaturated/α-hetero) is 3. The van der Waals surface area contributed by atoms with Crippen molar-refractivity contribution < 1.29 is 45.5 Å². The smallest absolute Gasteiger partial charge is 0.227 e. The lowest BCUT2D eigenvalue weighted by molar-refractivity contribution is -0.123. The second kappa shape index (κ2) is 23.4. The number of carbonyl (C=O) groups is 4. The molecule has 10 nitrogen and oxygen atoms in total. The number of nitrogens with one attached hydrogen (secondary N) is 1. The fourth-order valence-electron chi connectivity index (χ4n) is 9.45. The molecule has 2 aliphatic carbocycles. The van der Waals surface area contributed by atoms with Crippen molar-refractivity contribution in [1.82, 2.24) is 24.9 Å². The Morgan fingerprint density at radius 3 is 1.65 bits per heavy atom. The number of ketones is 3. The van der Waals surface area contributed by atoms with E-state index >= 15 is 0 Å². The molecule has 1 saturated heterocycles. The normalized spacial score (nSPS) is 21.3. The molecule has 4 atom stereocenters. The molecule has 5 aliphatic rings. The number of fused-ring (bicyclic) bond motifs is 2. The quantitative estimate of drug-likeness (QED) is 0.101. The summed E-state index contributed by atoms with van der Waals surface area (Å²) in [6, 6.07) is 4.30. The van der Waals surface area contributed by atoms with E-state index in [0.717, 1.165) is 89.0 Å². The third-order valence-corrected chi connectivity index (χ3v) is 14.1. The van der Waals surface area contributed by atoms with Crippen molar-refractivity contribution in [3.63, 3.8) is 0 Å². The summed E-state index contributed by atoms with van der Waals surface area (Å²) in [7, 11) is 2.10. The Hall–Kier alpha value is -4.39. The maximum absolute atomic E-state index is 13.4. The molecule has 5 heterocycles. The van der Waals surface area contributed by atoms with Crippen LogP contribution in [0, 0.1) is 56.2 Å². The molecule has 1 amide bonds. The van der Waals surface area contributed by atoms with E-state index < -0.39 is 34.9 Å². The van der Waals surface area contributed by atoms with Crippen molar-refractivity contribution in [1.29, 1.82) is 0 Å². The van der Waals surface area contributed by atoms with E-state index in [1.807, 2.05) is 9.36 Å². The number of rotatable bonds is 9. The van der Waals surface area contributed by atoms with E-state index in [1.165, 1.54) is 32.1 Å². The highest BCUT2D eigenvalue weighted by atomic mass is 127. The fourth-order valence-corrected chi connectivity index (χ4v) is 10.1. The molecule has 2 unspecified atom stereocenters. The topological polar surface area (TPSA) is 119 Å². The summed E-state index contributed by atoms with van der Waals surface area (Å²) >= 11 is 2.17. The molecule has 4 aromatic rings. The molecular weight excluding hydrogens is 965 g/mol. The zero-order chi connectivity index (χ0) is 46.8. The third-order valence-electron chi connectivity index (χ3n) is 13.2. The lowest BCUT2D eigenvalue weighted by atomic mass is 9.83. The molecular formula is C48H57F6IN6O4. The van der Waals surface area contributed by atoms with Gasteiger partial charge in [-0.3, -0.25) is 28.5 Å². The molecule has 17 heteroatoms. The zero-order valence-electron chi connectivity index (χ0n) is 36.9. The molecule has 2 saturated carbocycles. The van der Waals surface area contributed by atoms with Gasteiger partial charge in [-0.2, -0.15) is 10.2 Å². The Morgan fingerprint density at radius 1 is 0.677 bits per heavy atom. The summed E-state index contributed by atoms with van der Waals surface area (Å²) in [4.78, 5) is 49.0. The van der Waals surface area contributed by atoms with Gasteiger partial charge >= 0.3 is 0 Å². The summed E-state index contributed by atoms with van der Waals surface area (Å²) in [5, 5.41) is 11.9. The number of carbonyl (C=O) groups excluding carboxylic acids is 4. The van der Waals surface area contributed by atoms with Gasteiger partial charge in [0, 0.05) is 82.5 Å². The average Bonchev–Trinajstić information content (AvgIpc) is 4.13. The van der Waals surface area contributed by atoms with Gasteiger partial charge in [-0.1, -0.05) is 26.2 Å². The van der Waals surface area contributed by atoms with Crippen LogP contribution in [0.3, 0.4) is 0 Å². The molecule has 2 aromatic carbocycles. The first-order chi connectivity index (χ1) is 31.2. The number of halogens is 7. The summed E-state index contributed by atoms with van der Waals surface area (Å²) in [5.74, 6) is -7.48. The number of aromatic nitrogens is 4. The standard InChI is InChI=1S/C19H18F3N3O2.C15H12F3IN2O.C9H19N.C5H8O/c20-13-6-11(7-14(21)19(13)22)8-17(26)12-3-5-25-15(9-12)16(10-23-25)24-4-1-2-18(24)27;16-10-3-8(4-11(17)15(10)18)5-14(22)9-1-2-21-13(6-9)12(19)7-20-21;1-3-8-6-4-5-7-9(8)10-2;6-5-3-1-2-4-5/h6-7,10,12H,1-5,8-9H2;3-4,7,9H,1-2,5-6H2;8-10H,3-7H2,1-2H3;1-4H2/t;;8-,9-;/m..1./s1. The molecule has 2 aromatic heterocycles. The molecule has 0 radical (unpaired) electrons. The van der Waals surface area contributed by atoms with Gasteiger partial charge in [-0.25, -0.2) is 26.3 Å². The molecule has 1 N–H and O–H groups in total. The van der Waals surface area contributed by atoms with Crippen LogP contribution in [-0.2, 0) is 58.0 Å². The highest BCUT2D eigenvalue weighted by Gasteiger charge is 2.33. The summed E-state index contributed by atoms with van der Waals surface area (Å²) in [6.45, 7) is 4.14. The molecule has 9 rings (SSSR count). The molecule has 0 bridgehead atoms. The number of anilines is 1. The van der Waals surface area contributed by atoms with Crippen LogP contribution in [0.1, 0.15) is 113 Å². The highest BCUT2D eigenvalue weighted by Crippen LogP contribution is 2.33. The van der Waals surface area contributed by atoms with E-state index in [4.69, 9.17) is 0 Å². The number of benzene rings is 2. The van der Waals surface area contributed by atoms with E-state index in [1.54, 1.807) is 17.3 Å². The van der Waals surface area contributed by atoms with Crippen molar-refractivity contribution in [2.24, 2.45) is 17.8 Å². The van der Waals surface area contributed by atoms with Gasteiger partial charge in [-0.05, 0) is 116 Å². The van der Waals surface area contributed by atoms with Gasteiger partial charge in [-0.15, -0.1) is 0 Å². The first-order valence-electron chi connectivity index (χ1n) is 22.7. The van der Waals surface area contributed by atoms with Crippen LogP contribution in [0.15, 0.2) is 36.7 Å². The van der Waals surface area contributed by atoms with Crippen LogP contribution in [0.2, 0.25) is 0 Å². The predicted molar refractivity (Wildman–Crippen MR) is 241 cm³/mol. The van der Waals surface area contributed by atoms with Crippen LogP contribution in [0.4, 0.5) is 32.0 Å². The first-order valence-corrected chi connectivity index (χ1v) is 23.8. The minimum absolute atomic E-state index is 0.0523. The van der Waals surface area contributed by atoms with Gasteiger partial charge in [0.2, 0.25) is 5.91 Å². The molecule has 0 spiro atoms. The SMILES string of the molecule is CC[C@@H]1CCCC[C@H]1NC.O=C(Cc1cc(F)c(F)c(F)c1)C1CCn2ncc(I)c2C1.O=C(Cc1cc(F)c(F)c(F)c1)C1CCn2ncc(N3CCCC3=O)c2C1.O=C1CCCC1. The lowest BCUT2D eigenvalue weighted by Gasteiger charge is -2.30. The van der Waals surface area contributed by atoms with E-state index in [2.05, 4.69) is 52.1 Å². The molecule has 65 heavy (non-hydrogen) atoms. The van der Waals surface area contributed by atoms with Gasteiger partial charge in [0.05, 0.1) is 33.0 Å². The largest absolute Gasteiger partial charge is 0.317 e. The van der Waals surface area contributed by atoms with Gasteiger partial charge in [0.25, 0.3) is 0 Å². The van der Waals surface area contributed by atoms with Gasteiger partial charge in [0.15, 0.2) is 34.9 Å². The van der Waals surface area contributed by atoms with Crippen LogP contribution < -0.4 is 10.2 Å². The molecule has 3 aliphatic heterocycles. The number of hydrogen-bond donors (Lipinski definition) is 1. The third kappa shape index (κ3) is 12.9. The average molecular weight is 1020 g/mol. The predicted octanol–water partition coefficient (Wildman–Crippen LogP) is 9.38. The van der Waals surface area contributed by atoms with E-state index in [9.17, 15) is 45.5 Å². The van der Waals surface area contributed by atoms with Crippen molar-refractivity contribution in [3.05, 3.63) is 97.6 Å². The second-order valence-corrected chi connectivity index (χ2v) is 18.7. The number of amides is 1. The van der Waals surface area contributed by atoms with Gasteiger partial charge < -0.3 is 10.2 Å². The fraction of sp³-hybridized carbons (Fsp3) is 0.542. The minimum atomic E-state index is -1.53. The van der Waals surface area contributed by atoms with Crippen LogP contribution in [0.25, 0.3) is 0 Å². The maximum atomic E-state index is 13.4. The monoisotopic (exact) mass is 1020 g/mol. The summed E-state index contributed by atoms with van der Waals surface area (Å²) in [5.41, 5.74) is 2.88. The van der Waals surface area contributed by atoms with Gasteiger partial charge in [0.1, 0.15) is 17.3 Å². The Kier molecular flexibility index (Phi) is 18.0. The Balaban J connectivity index is 0.000000163. The van der Waals surface area contributed by atoms with Crippen molar-refractivity contribution >= 4 is 51.5 Å². The highest BCUT2D eigenvalue weighted by molar-refractivity contribution is 14.1.